The first-order chi connectivity index (χ1) is 9.66. The Morgan fingerprint density at radius 3 is 2.55 bits per heavy atom. The quantitative estimate of drug-likeness (QED) is 0.792. The number of benzene rings is 2. The lowest BCUT2D eigenvalue weighted by Crippen LogP contribution is -2.24. The molecular formula is C16H17BrFNO. The highest BCUT2D eigenvalue weighted by molar-refractivity contribution is 9.10. The summed E-state index contributed by atoms with van der Waals surface area (Å²) in [7, 11) is 0. The summed E-state index contributed by atoms with van der Waals surface area (Å²) in [5.41, 5.74) is 0.677. The second-order valence-corrected chi connectivity index (χ2v) is 5.42. The molecule has 2 aromatic rings. The molecule has 1 atom stereocenters. The van der Waals surface area contributed by atoms with Gasteiger partial charge in [0.1, 0.15) is 18.2 Å². The fourth-order valence-electron chi connectivity index (χ4n) is 1.91. The minimum atomic E-state index is -0.179. The fraction of sp³-hybridized carbons (Fsp3) is 0.250. The molecule has 1 N–H and O–H groups in total. The molecular weight excluding hydrogens is 321 g/mol. The van der Waals surface area contributed by atoms with Gasteiger partial charge in [0.15, 0.2) is 0 Å². The summed E-state index contributed by atoms with van der Waals surface area (Å²) in [5.74, 6) is 0.648. The van der Waals surface area contributed by atoms with E-state index in [4.69, 9.17) is 4.74 Å². The standard InChI is InChI=1S/C16H17BrFNO/c1-12(15-4-2-3-5-16(15)18)19-10-11-20-14-8-6-13(17)7-9-14/h2-9,12,19H,10-11H2,1H3. The number of hydrogen-bond acceptors (Lipinski definition) is 2. The van der Waals surface area contributed by atoms with E-state index >= 15 is 0 Å². The van der Waals surface area contributed by atoms with Crippen molar-refractivity contribution >= 4 is 15.9 Å². The lowest BCUT2D eigenvalue weighted by Gasteiger charge is -2.15. The van der Waals surface area contributed by atoms with Crippen molar-refractivity contribution < 1.29 is 9.13 Å². The van der Waals surface area contributed by atoms with Crippen LogP contribution in [0.4, 0.5) is 4.39 Å². The first kappa shape index (κ1) is 15.0. The summed E-state index contributed by atoms with van der Waals surface area (Å²) < 4.78 is 20.2. The monoisotopic (exact) mass is 337 g/mol. The maximum atomic E-state index is 13.6. The third-order valence-corrected chi connectivity index (χ3v) is 3.54. The predicted octanol–water partition coefficient (Wildman–Crippen LogP) is 4.32. The molecule has 2 rings (SSSR count). The Kier molecular flexibility index (Phi) is 5.56. The fourth-order valence-corrected chi connectivity index (χ4v) is 2.18. The van der Waals surface area contributed by atoms with Crippen molar-refractivity contribution in [1.82, 2.24) is 5.32 Å². The second-order valence-electron chi connectivity index (χ2n) is 4.50. The van der Waals surface area contributed by atoms with Gasteiger partial charge in [0, 0.05) is 22.6 Å². The van der Waals surface area contributed by atoms with Gasteiger partial charge in [-0.15, -0.1) is 0 Å². The van der Waals surface area contributed by atoms with Crippen molar-refractivity contribution in [3.63, 3.8) is 0 Å². The molecule has 0 amide bonds. The first-order valence-corrected chi connectivity index (χ1v) is 7.32. The van der Waals surface area contributed by atoms with Crippen LogP contribution in [0.5, 0.6) is 5.75 Å². The second kappa shape index (κ2) is 7.41. The van der Waals surface area contributed by atoms with E-state index < -0.39 is 0 Å². The van der Waals surface area contributed by atoms with E-state index in [9.17, 15) is 4.39 Å². The van der Waals surface area contributed by atoms with Crippen LogP contribution in [0.25, 0.3) is 0 Å². The van der Waals surface area contributed by atoms with Crippen LogP contribution in [0, 0.1) is 5.82 Å². The van der Waals surface area contributed by atoms with Crippen LogP contribution in [0.1, 0.15) is 18.5 Å². The molecule has 0 saturated carbocycles. The Balaban J connectivity index is 1.76. The van der Waals surface area contributed by atoms with Crippen molar-refractivity contribution in [2.45, 2.75) is 13.0 Å². The number of nitrogens with one attached hydrogen (secondary N) is 1. The van der Waals surface area contributed by atoms with E-state index in [1.807, 2.05) is 37.3 Å². The minimum Gasteiger partial charge on any atom is -0.492 e. The SMILES string of the molecule is CC(NCCOc1ccc(Br)cc1)c1ccccc1F. The number of hydrogen-bond donors (Lipinski definition) is 1. The van der Waals surface area contributed by atoms with Crippen LogP contribution in [0.15, 0.2) is 53.0 Å². The van der Waals surface area contributed by atoms with Crippen molar-refractivity contribution in [3.05, 3.63) is 64.4 Å². The van der Waals surface area contributed by atoms with Gasteiger partial charge in [0.2, 0.25) is 0 Å². The third-order valence-electron chi connectivity index (χ3n) is 3.01. The van der Waals surface area contributed by atoms with Crippen LogP contribution < -0.4 is 10.1 Å². The average Bonchev–Trinajstić information content (AvgIpc) is 2.46. The van der Waals surface area contributed by atoms with E-state index in [1.54, 1.807) is 12.1 Å². The number of ether oxygens (including phenoxy) is 1. The Bertz CT molecular complexity index is 544. The van der Waals surface area contributed by atoms with Crippen LogP contribution >= 0.6 is 15.9 Å². The minimum absolute atomic E-state index is 0.0373. The molecule has 0 aliphatic carbocycles. The maximum Gasteiger partial charge on any atom is 0.127 e. The van der Waals surface area contributed by atoms with Crippen LogP contribution in [-0.2, 0) is 0 Å². The van der Waals surface area contributed by atoms with Gasteiger partial charge < -0.3 is 10.1 Å². The topological polar surface area (TPSA) is 21.3 Å². The zero-order valence-electron chi connectivity index (χ0n) is 11.3. The molecule has 1 unspecified atom stereocenters. The van der Waals surface area contributed by atoms with Crippen molar-refractivity contribution in [2.24, 2.45) is 0 Å². The van der Waals surface area contributed by atoms with E-state index in [1.165, 1.54) is 6.07 Å². The summed E-state index contributed by atoms with van der Waals surface area (Å²) in [5, 5.41) is 3.25. The summed E-state index contributed by atoms with van der Waals surface area (Å²) in [6.45, 7) is 3.14. The van der Waals surface area contributed by atoms with Crippen molar-refractivity contribution in [2.75, 3.05) is 13.2 Å². The summed E-state index contributed by atoms with van der Waals surface area (Å²) >= 11 is 3.38. The molecule has 0 fully saturated rings. The van der Waals surface area contributed by atoms with E-state index in [-0.39, 0.29) is 11.9 Å². The molecule has 0 aromatic heterocycles. The van der Waals surface area contributed by atoms with Gasteiger partial charge >= 0.3 is 0 Å². The lowest BCUT2D eigenvalue weighted by atomic mass is 10.1. The summed E-state index contributed by atoms with van der Waals surface area (Å²) in [6, 6.07) is 14.5. The van der Waals surface area contributed by atoms with Gasteiger partial charge in [0.05, 0.1) is 0 Å². The van der Waals surface area contributed by atoms with Crippen LogP contribution in [0.3, 0.4) is 0 Å². The van der Waals surface area contributed by atoms with Gasteiger partial charge in [-0.1, -0.05) is 34.1 Å². The molecule has 0 bridgehead atoms. The normalized spacial score (nSPS) is 12.2. The van der Waals surface area contributed by atoms with Gasteiger partial charge in [0.25, 0.3) is 0 Å². The zero-order valence-corrected chi connectivity index (χ0v) is 12.9. The Hall–Kier alpha value is -1.39. The highest BCUT2D eigenvalue weighted by Crippen LogP contribution is 2.17. The Labute approximate surface area is 127 Å². The van der Waals surface area contributed by atoms with E-state index in [0.717, 1.165) is 10.2 Å². The predicted molar refractivity (Wildman–Crippen MR) is 82.5 cm³/mol. The molecule has 0 spiro atoms. The summed E-state index contributed by atoms with van der Waals surface area (Å²) in [6.07, 6.45) is 0. The summed E-state index contributed by atoms with van der Waals surface area (Å²) in [4.78, 5) is 0. The molecule has 0 aliphatic rings. The van der Waals surface area contributed by atoms with E-state index in [2.05, 4.69) is 21.2 Å². The molecule has 20 heavy (non-hydrogen) atoms. The Morgan fingerprint density at radius 1 is 1.15 bits per heavy atom. The van der Waals surface area contributed by atoms with Crippen molar-refractivity contribution in [3.8, 4) is 5.75 Å². The van der Waals surface area contributed by atoms with Gasteiger partial charge in [-0.05, 0) is 37.3 Å². The average molecular weight is 338 g/mol. The zero-order chi connectivity index (χ0) is 14.4. The van der Waals surface area contributed by atoms with Gasteiger partial charge in [-0.25, -0.2) is 4.39 Å². The third kappa shape index (κ3) is 4.32. The number of halogens is 2. The molecule has 4 heteroatoms. The van der Waals surface area contributed by atoms with Crippen molar-refractivity contribution in [1.29, 1.82) is 0 Å². The maximum absolute atomic E-state index is 13.6. The molecule has 106 valence electrons. The Morgan fingerprint density at radius 2 is 1.85 bits per heavy atom. The molecule has 0 saturated heterocycles. The molecule has 2 aromatic carbocycles. The van der Waals surface area contributed by atoms with Crippen LogP contribution in [-0.4, -0.2) is 13.2 Å². The van der Waals surface area contributed by atoms with E-state index in [0.29, 0.717) is 18.7 Å². The smallest absolute Gasteiger partial charge is 0.127 e. The highest BCUT2D eigenvalue weighted by Gasteiger charge is 2.08. The van der Waals surface area contributed by atoms with Gasteiger partial charge in [-0.3, -0.25) is 0 Å². The molecule has 0 heterocycles. The van der Waals surface area contributed by atoms with Gasteiger partial charge in [-0.2, -0.15) is 0 Å². The first-order valence-electron chi connectivity index (χ1n) is 6.53. The lowest BCUT2D eigenvalue weighted by molar-refractivity contribution is 0.306. The molecule has 0 aliphatic heterocycles. The largest absolute Gasteiger partial charge is 0.492 e. The number of rotatable bonds is 6. The van der Waals surface area contributed by atoms with Crippen LogP contribution in [0.2, 0.25) is 0 Å². The molecule has 2 nitrogen and oxygen atoms in total. The molecule has 0 radical (unpaired) electrons. The highest BCUT2D eigenvalue weighted by atomic mass is 79.9.